The zero-order valence-electron chi connectivity index (χ0n) is 9.40. The topological polar surface area (TPSA) is 38.5 Å². The molecule has 86 valence electrons. The van der Waals surface area contributed by atoms with E-state index < -0.39 is 0 Å². The smallest absolute Gasteiger partial charge is 0.0621 e. The van der Waals surface area contributed by atoms with Crippen molar-refractivity contribution in [1.29, 1.82) is 0 Å². The second-order valence-corrected chi connectivity index (χ2v) is 5.59. The maximum atomic E-state index is 6.04. The standard InChI is InChI=1S/C12H22N2O/c13-12-8-15-7-10(12)6-14(11-3-4-11)5-9-1-2-9/h9-12H,1-8,13H2. The van der Waals surface area contributed by atoms with Crippen molar-refractivity contribution in [2.45, 2.75) is 37.8 Å². The van der Waals surface area contributed by atoms with E-state index in [1.807, 2.05) is 0 Å². The normalized spacial score (nSPS) is 36.4. The quantitative estimate of drug-likeness (QED) is 0.730. The molecule has 0 aromatic rings. The Balaban J connectivity index is 1.52. The number of hydrogen-bond donors (Lipinski definition) is 1. The van der Waals surface area contributed by atoms with Gasteiger partial charge in [0.25, 0.3) is 0 Å². The van der Waals surface area contributed by atoms with Gasteiger partial charge in [0.05, 0.1) is 13.2 Å². The van der Waals surface area contributed by atoms with E-state index in [9.17, 15) is 0 Å². The lowest BCUT2D eigenvalue weighted by molar-refractivity contribution is 0.162. The van der Waals surface area contributed by atoms with Crippen LogP contribution in [0.25, 0.3) is 0 Å². The van der Waals surface area contributed by atoms with Gasteiger partial charge in [-0.2, -0.15) is 0 Å². The largest absolute Gasteiger partial charge is 0.379 e. The Kier molecular flexibility index (Phi) is 2.71. The first-order chi connectivity index (χ1) is 7.33. The molecule has 2 aliphatic carbocycles. The second kappa shape index (κ2) is 4.04. The molecule has 3 heteroatoms. The lowest BCUT2D eigenvalue weighted by Gasteiger charge is -2.26. The Morgan fingerprint density at radius 1 is 1.07 bits per heavy atom. The third kappa shape index (κ3) is 2.52. The van der Waals surface area contributed by atoms with Crippen molar-refractivity contribution in [2.24, 2.45) is 17.6 Å². The molecule has 3 fully saturated rings. The van der Waals surface area contributed by atoms with Gasteiger partial charge in [-0.05, 0) is 31.6 Å². The number of hydrogen-bond acceptors (Lipinski definition) is 3. The highest BCUT2D eigenvalue weighted by Crippen LogP contribution is 2.35. The molecule has 0 amide bonds. The van der Waals surface area contributed by atoms with Crippen LogP contribution in [0.5, 0.6) is 0 Å². The fourth-order valence-corrected chi connectivity index (χ4v) is 2.55. The van der Waals surface area contributed by atoms with Crippen LogP contribution in [0.3, 0.4) is 0 Å². The Morgan fingerprint density at radius 2 is 1.87 bits per heavy atom. The predicted octanol–water partition coefficient (Wildman–Crippen LogP) is 0.834. The predicted molar refractivity (Wildman–Crippen MR) is 59.6 cm³/mol. The Bertz CT molecular complexity index is 226. The molecular weight excluding hydrogens is 188 g/mol. The molecule has 0 aromatic carbocycles. The van der Waals surface area contributed by atoms with E-state index in [2.05, 4.69) is 4.90 Å². The molecule has 0 spiro atoms. The average molecular weight is 210 g/mol. The Labute approximate surface area is 91.9 Å². The van der Waals surface area contributed by atoms with Gasteiger partial charge in [0.2, 0.25) is 0 Å². The maximum absolute atomic E-state index is 6.04. The van der Waals surface area contributed by atoms with Crippen molar-refractivity contribution >= 4 is 0 Å². The summed E-state index contributed by atoms with van der Waals surface area (Å²) in [5.41, 5.74) is 6.04. The van der Waals surface area contributed by atoms with Gasteiger partial charge in [-0.1, -0.05) is 0 Å². The summed E-state index contributed by atoms with van der Waals surface area (Å²) in [5.74, 6) is 1.59. The second-order valence-electron chi connectivity index (χ2n) is 5.59. The Morgan fingerprint density at radius 3 is 2.40 bits per heavy atom. The third-order valence-electron chi connectivity index (χ3n) is 3.97. The van der Waals surface area contributed by atoms with Crippen molar-refractivity contribution < 1.29 is 4.74 Å². The zero-order chi connectivity index (χ0) is 10.3. The van der Waals surface area contributed by atoms with Gasteiger partial charge in [-0.25, -0.2) is 0 Å². The van der Waals surface area contributed by atoms with Crippen molar-refractivity contribution in [3.63, 3.8) is 0 Å². The van der Waals surface area contributed by atoms with Gasteiger partial charge in [-0.3, -0.25) is 4.90 Å². The minimum Gasteiger partial charge on any atom is -0.379 e. The monoisotopic (exact) mass is 210 g/mol. The van der Waals surface area contributed by atoms with E-state index in [0.29, 0.717) is 5.92 Å². The van der Waals surface area contributed by atoms with Crippen LogP contribution in [-0.4, -0.2) is 43.3 Å². The average Bonchev–Trinajstić information content (AvgIpc) is 3.10. The molecule has 2 saturated carbocycles. The van der Waals surface area contributed by atoms with Crippen LogP contribution in [0.2, 0.25) is 0 Å². The van der Waals surface area contributed by atoms with E-state index in [0.717, 1.165) is 25.2 Å². The van der Waals surface area contributed by atoms with Crippen LogP contribution >= 0.6 is 0 Å². The van der Waals surface area contributed by atoms with E-state index >= 15 is 0 Å². The summed E-state index contributed by atoms with van der Waals surface area (Å²) < 4.78 is 5.44. The molecule has 0 bridgehead atoms. The molecule has 1 aliphatic heterocycles. The van der Waals surface area contributed by atoms with Gasteiger partial charge in [0, 0.05) is 31.1 Å². The van der Waals surface area contributed by atoms with E-state index in [4.69, 9.17) is 10.5 Å². The molecule has 1 saturated heterocycles. The zero-order valence-corrected chi connectivity index (χ0v) is 9.40. The van der Waals surface area contributed by atoms with Gasteiger partial charge < -0.3 is 10.5 Å². The van der Waals surface area contributed by atoms with E-state index in [1.165, 1.54) is 38.8 Å². The molecule has 2 unspecified atom stereocenters. The van der Waals surface area contributed by atoms with Gasteiger partial charge >= 0.3 is 0 Å². The van der Waals surface area contributed by atoms with Crippen molar-refractivity contribution in [3.05, 3.63) is 0 Å². The van der Waals surface area contributed by atoms with Gasteiger partial charge in [-0.15, -0.1) is 0 Å². The number of rotatable bonds is 5. The molecule has 0 aromatic heterocycles. The Hall–Kier alpha value is -0.120. The van der Waals surface area contributed by atoms with E-state index in [-0.39, 0.29) is 6.04 Å². The molecule has 3 rings (SSSR count). The van der Waals surface area contributed by atoms with Crippen LogP contribution in [0.15, 0.2) is 0 Å². The highest BCUT2D eigenvalue weighted by atomic mass is 16.5. The highest BCUT2D eigenvalue weighted by Gasteiger charge is 2.36. The number of nitrogens with zero attached hydrogens (tertiary/aromatic N) is 1. The number of ether oxygens (including phenoxy) is 1. The van der Waals surface area contributed by atoms with Gasteiger partial charge in [0.1, 0.15) is 0 Å². The lowest BCUT2D eigenvalue weighted by atomic mass is 10.0. The molecule has 3 aliphatic rings. The molecule has 15 heavy (non-hydrogen) atoms. The first kappa shape index (κ1) is 10.1. The highest BCUT2D eigenvalue weighted by molar-refractivity contribution is 4.91. The summed E-state index contributed by atoms with van der Waals surface area (Å²) in [6.07, 6.45) is 5.73. The fourth-order valence-electron chi connectivity index (χ4n) is 2.55. The minimum atomic E-state index is 0.283. The summed E-state index contributed by atoms with van der Waals surface area (Å²) in [7, 11) is 0. The minimum absolute atomic E-state index is 0.283. The maximum Gasteiger partial charge on any atom is 0.0621 e. The first-order valence-electron chi connectivity index (χ1n) is 6.40. The van der Waals surface area contributed by atoms with Crippen LogP contribution < -0.4 is 5.73 Å². The SMILES string of the molecule is NC1COCC1CN(CC1CC1)C1CC1. The van der Waals surface area contributed by atoms with Crippen LogP contribution in [0.1, 0.15) is 25.7 Å². The van der Waals surface area contributed by atoms with Crippen LogP contribution in [-0.2, 0) is 4.74 Å². The van der Waals surface area contributed by atoms with Crippen molar-refractivity contribution in [1.82, 2.24) is 4.90 Å². The summed E-state index contributed by atoms with van der Waals surface area (Å²) in [4.78, 5) is 2.69. The molecular formula is C12H22N2O. The lowest BCUT2D eigenvalue weighted by Crippen LogP contribution is -2.40. The van der Waals surface area contributed by atoms with Crippen LogP contribution in [0.4, 0.5) is 0 Å². The number of nitrogens with two attached hydrogens (primary N) is 1. The third-order valence-corrected chi connectivity index (χ3v) is 3.97. The molecule has 3 nitrogen and oxygen atoms in total. The van der Waals surface area contributed by atoms with E-state index in [1.54, 1.807) is 0 Å². The summed E-state index contributed by atoms with van der Waals surface area (Å²) in [6.45, 7) is 4.16. The first-order valence-corrected chi connectivity index (χ1v) is 6.40. The van der Waals surface area contributed by atoms with Crippen LogP contribution in [0, 0.1) is 11.8 Å². The summed E-state index contributed by atoms with van der Waals surface area (Å²) in [5, 5.41) is 0. The van der Waals surface area contributed by atoms with Crippen molar-refractivity contribution in [2.75, 3.05) is 26.3 Å². The fraction of sp³-hybridized carbons (Fsp3) is 1.00. The summed E-state index contributed by atoms with van der Waals surface area (Å²) in [6, 6.07) is 1.17. The summed E-state index contributed by atoms with van der Waals surface area (Å²) >= 11 is 0. The molecule has 1 heterocycles. The molecule has 2 N–H and O–H groups in total. The molecule has 2 atom stereocenters. The van der Waals surface area contributed by atoms with Gasteiger partial charge in [0.15, 0.2) is 0 Å². The van der Waals surface area contributed by atoms with Crippen molar-refractivity contribution in [3.8, 4) is 0 Å². The molecule has 0 radical (unpaired) electrons.